The molecule has 0 aliphatic carbocycles. The molecule has 1 aliphatic rings. The topological polar surface area (TPSA) is 73.8 Å². The van der Waals surface area contributed by atoms with E-state index in [0.29, 0.717) is 40.4 Å². The van der Waals surface area contributed by atoms with Crippen molar-refractivity contribution in [3.63, 3.8) is 0 Å². The number of anilines is 1. The molecule has 0 bridgehead atoms. The van der Waals surface area contributed by atoms with Gasteiger partial charge in [0.15, 0.2) is 5.13 Å². The number of carbonyl (C=O) groups excluding carboxylic acids is 1. The average molecular weight is 576 g/mol. The van der Waals surface area contributed by atoms with Crippen molar-refractivity contribution in [2.24, 2.45) is 0 Å². The van der Waals surface area contributed by atoms with Gasteiger partial charge in [-0.15, -0.1) is 11.3 Å². The largest absolute Gasteiger partial charge is 0.309 e. The zero-order chi connectivity index (χ0) is 25.3. The summed E-state index contributed by atoms with van der Waals surface area (Å²) in [5.41, 5.74) is 1.74. The number of benzene rings is 1. The number of sulfonamides is 1. The van der Waals surface area contributed by atoms with E-state index in [1.807, 2.05) is 33.2 Å². The summed E-state index contributed by atoms with van der Waals surface area (Å²) in [6.07, 6.45) is 2.68. The van der Waals surface area contributed by atoms with Crippen molar-refractivity contribution >= 4 is 77.2 Å². The van der Waals surface area contributed by atoms with E-state index in [4.69, 9.17) is 28.2 Å². The summed E-state index contributed by atoms with van der Waals surface area (Å²) in [7, 11) is 0.112. The second kappa shape index (κ2) is 11.0. The van der Waals surface area contributed by atoms with Gasteiger partial charge in [0.05, 0.1) is 19.6 Å². The number of amides is 1. The molecule has 3 aromatic rings. The van der Waals surface area contributed by atoms with Crippen LogP contribution in [0, 0.1) is 6.92 Å². The molecule has 2 aromatic heterocycles. The summed E-state index contributed by atoms with van der Waals surface area (Å²) < 4.78 is 29.7. The molecule has 0 radical (unpaired) electrons. The number of thiophene rings is 1. The van der Waals surface area contributed by atoms with Crippen molar-refractivity contribution in [3.05, 3.63) is 39.2 Å². The van der Waals surface area contributed by atoms with Gasteiger partial charge in [0.25, 0.3) is 10.0 Å². The first-order valence-corrected chi connectivity index (χ1v) is 15.2. The molecule has 35 heavy (non-hydrogen) atoms. The summed E-state index contributed by atoms with van der Waals surface area (Å²) in [4.78, 5) is 22.5. The Bertz CT molecular complexity index is 1280. The number of rotatable bonds is 8. The maximum absolute atomic E-state index is 14.0. The zero-order valence-electron chi connectivity index (χ0n) is 19.8. The molecule has 0 saturated carbocycles. The van der Waals surface area contributed by atoms with E-state index in [1.165, 1.54) is 21.7 Å². The predicted octanol–water partition coefficient (Wildman–Crippen LogP) is 5.50. The number of aryl methyl sites for hydroxylation is 1. The number of thiazole rings is 1. The molecule has 1 aliphatic heterocycles. The van der Waals surface area contributed by atoms with Crippen molar-refractivity contribution in [3.8, 4) is 0 Å². The Kier molecular flexibility index (Phi) is 8.42. The van der Waals surface area contributed by atoms with Crippen molar-refractivity contribution in [2.75, 3.05) is 38.6 Å². The molecule has 1 unspecified atom stereocenters. The quantitative estimate of drug-likeness (QED) is 0.355. The molecule has 7 nitrogen and oxygen atoms in total. The third-order valence-electron chi connectivity index (χ3n) is 6.02. The van der Waals surface area contributed by atoms with Gasteiger partial charge in [-0.2, -0.15) is 4.31 Å². The van der Waals surface area contributed by atoms with Crippen LogP contribution < -0.4 is 4.90 Å². The lowest BCUT2D eigenvalue weighted by molar-refractivity contribution is -0.123. The van der Waals surface area contributed by atoms with Gasteiger partial charge < -0.3 is 4.90 Å². The van der Waals surface area contributed by atoms with Crippen LogP contribution in [0.1, 0.15) is 31.2 Å². The highest BCUT2D eigenvalue weighted by atomic mass is 35.5. The van der Waals surface area contributed by atoms with Gasteiger partial charge in [0.1, 0.15) is 10.3 Å². The summed E-state index contributed by atoms with van der Waals surface area (Å²) in [6, 6.07) is 6.03. The molecule has 1 atom stereocenters. The Morgan fingerprint density at radius 3 is 2.57 bits per heavy atom. The van der Waals surface area contributed by atoms with E-state index in [1.54, 1.807) is 11.0 Å². The number of nitrogens with zero attached hydrogens (tertiary/aromatic N) is 4. The van der Waals surface area contributed by atoms with Crippen molar-refractivity contribution in [1.82, 2.24) is 14.2 Å². The fourth-order valence-corrected chi connectivity index (χ4v) is 8.83. The molecule has 1 amide bonds. The maximum Gasteiger partial charge on any atom is 0.253 e. The van der Waals surface area contributed by atoms with Crippen LogP contribution in [0.5, 0.6) is 0 Å². The SMILES string of the molecule is Cc1ccc(Cl)c2sc(N(CCCN(C)C)C(=O)C3CCCCN3S(=O)(=O)c3ccc(Cl)s3)nc12. The van der Waals surface area contributed by atoms with Crippen molar-refractivity contribution in [1.29, 1.82) is 0 Å². The summed E-state index contributed by atoms with van der Waals surface area (Å²) in [5, 5.41) is 1.13. The molecule has 0 N–H and O–H groups in total. The van der Waals surface area contributed by atoms with Gasteiger partial charge in [-0.3, -0.25) is 9.69 Å². The molecule has 1 fully saturated rings. The smallest absolute Gasteiger partial charge is 0.253 e. The van der Waals surface area contributed by atoms with Crippen LogP contribution >= 0.6 is 45.9 Å². The Labute approximate surface area is 224 Å². The lowest BCUT2D eigenvalue weighted by atomic mass is 10.0. The molecule has 12 heteroatoms. The third-order valence-corrected chi connectivity index (χ3v) is 11.2. The van der Waals surface area contributed by atoms with Crippen LogP contribution in [-0.4, -0.2) is 68.3 Å². The van der Waals surface area contributed by atoms with Gasteiger partial charge in [-0.05, 0) is 70.6 Å². The third kappa shape index (κ3) is 5.69. The average Bonchev–Trinajstić information content (AvgIpc) is 3.46. The molecular weight excluding hydrogens is 547 g/mol. The van der Waals surface area contributed by atoms with E-state index >= 15 is 0 Å². The highest BCUT2D eigenvalue weighted by Gasteiger charge is 2.41. The van der Waals surface area contributed by atoms with Gasteiger partial charge in [-0.25, -0.2) is 13.4 Å². The van der Waals surface area contributed by atoms with Gasteiger partial charge in [0, 0.05) is 13.1 Å². The van der Waals surface area contributed by atoms with E-state index in [9.17, 15) is 13.2 Å². The minimum Gasteiger partial charge on any atom is -0.309 e. The van der Waals surface area contributed by atoms with Crippen LogP contribution in [0.2, 0.25) is 9.36 Å². The van der Waals surface area contributed by atoms with E-state index < -0.39 is 16.1 Å². The minimum absolute atomic E-state index is 0.156. The number of fused-ring (bicyclic) bond motifs is 1. The van der Waals surface area contributed by atoms with Crippen LogP contribution in [0.4, 0.5) is 5.13 Å². The number of piperidine rings is 1. The molecule has 1 saturated heterocycles. The fourth-order valence-electron chi connectivity index (χ4n) is 4.22. The first-order valence-electron chi connectivity index (χ1n) is 11.4. The highest BCUT2D eigenvalue weighted by molar-refractivity contribution is 7.91. The Balaban J connectivity index is 1.71. The second-order valence-electron chi connectivity index (χ2n) is 8.87. The molecule has 1 aromatic carbocycles. The molecular formula is C23H28Cl2N4O3S3. The number of halogens is 2. The normalized spacial score (nSPS) is 17.4. The lowest BCUT2D eigenvalue weighted by Gasteiger charge is -2.36. The predicted molar refractivity (Wildman–Crippen MR) is 146 cm³/mol. The van der Waals surface area contributed by atoms with Crippen LogP contribution in [0.3, 0.4) is 0 Å². The monoisotopic (exact) mass is 574 g/mol. The standard InChI is InChI=1S/C23H28Cl2N4O3S3/c1-15-8-9-16(24)21-20(15)26-23(34-21)28(13-6-12-27(2)3)22(30)17-7-4-5-14-29(17)35(31,32)19-11-10-18(25)33-19/h8-11,17H,4-7,12-14H2,1-3H3. The number of carbonyl (C=O) groups is 1. The van der Waals surface area contributed by atoms with Gasteiger partial charge >= 0.3 is 0 Å². The Hall–Kier alpha value is -1.27. The van der Waals surface area contributed by atoms with Gasteiger partial charge in [-0.1, -0.05) is 47.0 Å². The molecule has 0 spiro atoms. The first kappa shape index (κ1) is 26.8. The summed E-state index contributed by atoms with van der Waals surface area (Å²) >= 11 is 14.8. The van der Waals surface area contributed by atoms with E-state index in [2.05, 4.69) is 4.90 Å². The van der Waals surface area contributed by atoms with Gasteiger partial charge in [0.2, 0.25) is 5.91 Å². The molecule has 3 heterocycles. The summed E-state index contributed by atoms with van der Waals surface area (Å²) in [6.45, 7) is 3.48. The summed E-state index contributed by atoms with van der Waals surface area (Å²) in [5.74, 6) is -0.248. The van der Waals surface area contributed by atoms with Crippen LogP contribution in [-0.2, 0) is 14.8 Å². The zero-order valence-corrected chi connectivity index (χ0v) is 23.8. The van der Waals surface area contributed by atoms with Crippen molar-refractivity contribution in [2.45, 2.75) is 42.9 Å². The van der Waals surface area contributed by atoms with E-state index in [0.717, 1.165) is 46.5 Å². The molecule has 4 rings (SSSR count). The lowest BCUT2D eigenvalue weighted by Crippen LogP contribution is -2.53. The van der Waals surface area contributed by atoms with E-state index in [-0.39, 0.29) is 10.1 Å². The fraction of sp³-hybridized carbons (Fsp3) is 0.478. The number of aromatic nitrogens is 1. The number of hydrogen-bond acceptors (Lipinski definition) is 7. The van der Waals surface area contributed by atoms with Crippen molar-refractivity contribution < 1.29 is 13.2 Å². The number of hydrogen-bond donors (Lipinski definition) is 0. The maximum atomic E-state index is 14.0. The second-order valence-corrected chi connectivity index (χ2v) is 14.1. The minimum atomic E-state index is -3.85. The van der Waals surface area contributed by atoms with Crippen LogP contribution in [0.15, 0.2) is 28.5 Å². The first-order chi connectivity index (χ1) is 16.6. The highest BCUT2D eigenvalue weighted by Crippen LogP contribution is 2.37. The van der Waals surface area contributed by atoms with Crippen LogP contribution in [0.25, 0.3) is 10.2 Å². The Morgan fingerprint density at radius 2 is 1.91 bits per heavy atom. The Morgan fingerprint density at radius 1 is 1.14 bits per heavy atom. The molecule has 190 valence electrons.